The molecule has 0 aromatic carbocycles. The van der Waals surface area contributed by atoms with Crippen molar-refractivity contribution in [3.05, 3.63) is 18.3 Å². The molecule has 4 N–H and O–H groups in total. The molecule has 1 amide bonds. The van der Waals surface area contributed by atoms with Crippen LogP contribution in [0, 0.1) is 0 Å². The average Bonchev–Trinajstić information content (AvgIpc) is 2.98. The van der Waals surface area contributed by atoms with E-state index in [9.17, 15) is 4.79 Å². The van der Waals surface area contributed by atoms with Crippen LogP contribution in [0.15, 0.2) is 18.3 Å². The van der Waals surface area contributed by atoms with Crippen LogP contribution in [0.2, 0.25) is 0 Å². The summed E-state index contributed by atoms with van der Waals surface area (Å²) in [5.41, 5.74) is 6.29. The fraction of sp³-hybridized carbons (Fsp3) is 0.571. The first-order chi connectivity index (χ1) is 9.78. The van der Waals surface area contributed by atoms with Crippen LogP contribution in [-0.2, 0) is 9.53 Å². The standard InChI is InChI=1S/C14H22N4O2/c15-7-1-4-14(19)18-13-6-5-11(9-17-13)16-10-12-3-2-8-20-12/h5-6,9,12,16H,1-4,7-8,10,15H2,(H,17,18,19). The number of carbonyl (C=O) groups excluding carboxylic acids is 1. The SMILES string of the molecule is NCCCC(=O)Nc1ccc(NCC2CCCO2)cn1. The Balaban J connectivity index is 1.75. The van der Waals surface area contributed by atoms with E-state index in [2.05, 4.69) is 15.6 Å². The number of hydrogen-bond acceptors (Lipinski definition) is 5. The van der Waals surface area contributed by atoms with Crippen LogP contribution < -0.4 is 16.4 Å². The lowest BCUT2D eigenvalue weighted by Gasteiger charge is -2.12. The van der Waals surface area contributed by atoms with E-state index in [1.807, 2.05) is 6.07 Å². The van der Waals surface area contributed by atoms with Crippen molar-refractivity contribution in [1.29, 1.82) is 0 Å². The van der Waals surface area contributed by atoms with Gasteiger partial charge in [-0.15, -0.1) is 0 Å². The highest BCUT2D eigenvalue weighted by atomic mass is 16.5. The first-order valence-electron chi connectivity index (χ1n) is 7.09. The Hall–Kier alpha value is -1.66. The van der Waals surface area contributed by atoms with Crippen LogP contribution in [0.4, 0.5) is 11.5 Å². The topological polar surface area (TPSA) is 89.3 Å². The van der Waals surface area contributed by atoms with E-state index in [-0.39, 0.29) is 5.91 Å². The number of pyridine rings is 1. The van der Waals surface area contributed by atoms with Gasteiger partial charge >= 0.3 is 0 Å². The molecule has 1 fully saturated rings. The molecule has 0 radical (unpaired) electrons. The Bertz CT molecular complexity index is 416. The summed E-state index contributed by atoms with van der Waals surface area (Å²) in [6, 6.07) is 3.69. The number of ether oxygens (including phenoxy) is 1. The zero-order valence-electron chi connectivity index (χ0n) is 11.6. The van der Waals surface area contributed by atoms with Crippen LogP contribution in [0.1, 0.15) is 25.7 Å². The molecule has 1 aromatic heterocycles. The maximum Gasteiger partial charge on any atom is 0.225 e. The number of nitrogens with zero attached hydrogens (tertiary/aromatic N) is 1. The Kier molecular flexibility index (Phi) is 5.76. The summed E-state index contributed by atoms with van der Waals surface area (Å²) in [7, 11) is 0. The maximum absolute atomic E-state index is 11.5. The molecule has 0 spiro atoms. The summed E-state index contributed by atoms with van der Waals surface area (Å²) in [6.45, 7) is 2.18. The molecule has 6 heteroatoms. The van der Waals surface area contributed by atoms with Crippen molar-refractivity contribution in [3.8, 4) is 0 Å². The summed E-state index contributed by atoms with van der Waals surface area (Å²) in [5, 5.41) is 6.03. The second-order valence-corrected chi connectivity index (χ2v) is 4.89. The smallest absolute Gasteiger partial charge is 0.225 e. The van der Waals surface area contributed by atoms with Gasteiger partial charge in [0.2, 0.25) is 5.91 Å². The van der Waals surface area contributed by atoms with E-state index in [0.717, 1.165) is 31.7 Å². The summed E-state index contributed by atoms with van der Waals surface area (Å²) >= 11 is 0. The number of nitrogens with one attached hydrogen (secondary N) is 2. The van der Waals surface area contributed by atoms with Crippen LogP contribution in [0.25, 0.3) is 0 Å². The van der Waals surface area contributed by atoms with Gasteiger partial charge in [0, 0.05) is 19.6 Å². The molecule has 2 heterocycles. The van der Waals surface area contributed by atoms with Gasteiger partial charge in [0.15, 0.2) is 0 Å². The lowest BCUT2D eigenvalue weighted by molar-refractivity contribution is -0.116. The Labute approximate surface area is 119 Å². The largest absolute Gasteiger partial charge is 0.381 e. The molecular weight excluding hydrogens is 256 g/mol. The van der Waals surface area contributed by atoms with E-state index in [4.69, 9.17) is 10.5 Å². The molecule has 6 nitrogen and oxygen atoms in total. The van der Waals surface area contributed by atoms with Crippen molar-refractivity contribution < 1.29 is 9.53 Å². The Morgan fingerprint density at radius 1 is 1.50 bits per heavy atom. The number of amides is 1. The second kappa shape index (κ2) is 7.81. The molecular formula is C14H22N4O2. The summed E-state index contributed by atoms with van der Waals surface area (Å²) in [6.07, 6.45) is 5.37. The van der Waals surface area contributed by atoms with Gasteiger partial charge in [-0.3, -0.25) is 4.79 Å². The number of hydrogen-bond donors (Lipinski definition) is 3. The van der Waals surface area contributed by atoms with Gasteiger partial charge in [-0.1, -0.05) is 0 Å². The van der Waals surface area contributed by atoms with E-state index in [1.54, 1.807) is 12.3 Å². The van der Waals surface area contributed by atoms with Gasteiger partial charge in [0.25, 0.3) is 0 Å². The monoisotopic (exact) mass is 278 g/mol. The molecule has 110 valence electrons. The number of rotatable bonds is 7. The van der Waals surface area contributed by atoms with E-state index in [0.29, 0.717) is 31.3 Å². The molecule has 1 aliphatic heterocycles. The van der Waals surface area contributed by atoms with Gasteiger partial charge in [-0.2, -0.15) is 0 Å². The zero-order chi connectivity index (χ0) is 14.2. The maximum atomic E-state index is 11.5. The molecule has 2 rings (SSSR count). The van der Waals surface area contributed by atoms with Gasteiger partial charge < -0.3 is 21.1 Å². The third-order valence-corrected chi connectivity index (χ3v) is 3.20. The predicted molar refractivity (Wildman–Crippen MR) is 78.6 cm³/mol. The highest BCUT2D eigenvalue weighted by Gasteiger charge is 2.14. The first kappa shape index (κ1) is 14.7. The van der Waals surface area contributed by atoms with Crippen LogP contribution in [0.5, 0.6) is 0 Å². The highest BCUT2D eigenvalue weighted by molar-refractivity contribution is 5.89. The van der Waals surface area contributed by atoms with Crippen molar-refractivity contribution in [1.82, 2.24) is 4.98 Å². The van der Waals surface area contributed by atoms with E-state index in [1.165, 1.54) is 0 Å². The second-order valence-electron chi connectivity index (χ2n) is 4.89. The predicted octanol–water partition coefficient (Wildman–Crippen LogP) is 1.35. The van der Waals surface area contributed by atoms with Crippen molar-refractivity contribution in [2.45, 2.75) is 31.8 Å². The minimum atomic E-state index is -0.0528. The van der Waals surface area contributed by atoms with Gasteiger partial charge in [-0.25, -0.2) is 4.98 Å². The Morgan fingerprint density at radius 3 is 3.05 bits per heavy atom. The van der Waals surface area contributed by atoms with Gasteiger partial charge in [0.05, 0.1) is 18.0 Å². The summed E-state index contributed by atoms with van der Waals surface area (Å²) in [5.74, 6) is 0.512. The molecule has 1 saturated heterocycles. The van der Waals surface area contributed by atoms with E-state index < -0.39 is 0 Å². The van der Waals surface area contributed by atoms with Crippen molar-refractivity contribution in [3.63, 3.8) is 0 Å². The lowest BCUT2D eigenvalue weighted by Crippen LogP contribution is -2.18. The molecule has 1 atom stereocenters. The molecule has 20 heavy (non-hydrogen) atoms. The molecule has 1 aliphatic rings. The normalized spacial score (nSPS) is 17.9. The van der Waals surface area contributed by atoms with Gasteiger partial charge in [-0.05, 0) is 37.9 Å². The zero-order valence-corrected chi connectivity index (χ0v) is 11.6. The number of carbonyl (C=O) groups is 1. The van der Waals surface area contributed by atoms with Crippen LogP contribution >= 0.6 is 0 Å². The fourth-order valence-corrected chi connectivity index (χ4v) is 2.08. The first-order valence-corrected chi connectivity index (χ1v) is 7.09. The van der Waals surface area contributed by atoms with Crippen LogP contribution in [0.3, 0.4) is 0 Å². The van der Waals surface area contributed by atoms with Crippen molar-refractivity contribution in [2.24, 2.45) is 5.73 Å². The third kappa shape index (κ3) is 4.79. The number of nitrogens with two attached hydrogens (primary N) is 1. The molecule has 1 aromatic rings. The Morgan fingerprint density at radius 2 is 2.40 bits per heavy atom. The van der Waals surface area contributed by atoms with E-state index >= 15 is 0 Å². The molecule has 0 bridgehead atoms. The quantitative estimate of drug-likeness (QED) is 0.700. The van der Waals surface area contributed by atoms with Crippen molar-refractivity contribution >= 4 is 17.4 Å². The fourth-order valence-electron chi connectivity index (χ4n) is 2.08. The molecule has 1 unspecified atom stereocenters. The summed E-state index contributed by atoms with van der Waals surface area (Å²) in [4.78, 5) is 15.7. The van der Waals surface area contributed by atoms with Crippen molar-refractivity contribution in [2.75, 3.05) is 30.3 Å². The number of aromatic nitrogens is 1. The highest BCUT2D eigenvalue weighted by Crippen LogP contribution is 2.14. The summed E-state index contributed by atoms with van der Waals surface area (Å²) < 4.78 is 5.54. The van der Waals surface area contributed by atoms with Gasteiger partial charge in [0.1, 0.15) is 5.82 Å². The average molecular weight is 278 g/mol. The minimum absolute atomic E-state index is 0.0528. The third-order valence-electron chi connectivity index (χ3n) is 3.20. The minimum Gasteiger partial charge on any atom is -0.381 e. The number of anilines is 2. The lowest BCUT2D eigenvalue weighted by atomic mass is 10.2. The van der Waals surface area contributed by atoms with Crippen LogP contribution in [-0.4, -0.2) is 36.7 Å². The molecule has 0 aliphatic carbocycles. The molecule has 0 saturated carbocycles.